The Morgan fingerprint density at radius 2 is 1.79 bits per heavy atom. The largest absolute Gasteiger partial charge is 0.322 e. The van der Waals surface area contributed by atoms with Crippen molar-refractivity contribution in [3.63, 3.8) is 0 Å². The molecule has 1 unspecified atom stereocenters. The van der Waals surface area contributed by atoms with Crippen LogP contribution in [0.25, 0.3) is 6.08 Å². The Morgan fingerprint density at radius 1 is 1.03 bits per heavy atom. The quantitative estimate of drug-likeness (QED) is 0.484. The topological polar surface area (TPSA) is 63.5 Å². The van der Waals surface area contributed by atoms with Gasteiger partial charge in [-0.15, -0.1) is 11.3 Å². The van der Waals surface area contributed by atoms with Crippen LogP contribution in [0.15, 0.2) is 93.2 Å². The van der Waals surface area contributed by atoms with Crippen molar-refractivity contribution < 1.29 is 4.79 Å². The Hall–Kier alpha value is -3.55. The second-order valence-corrected chi connectivity index (χ2v) is 9.77. The summed E-state index contributed by atoms with van der Waals surface area (Å²) in [5, 5.41) is 4.99. The molecule has 0 radical (unpaired) electrons. The fourth-order valence-corrected chi connectivity index (χ4v) is 5.80. The molecule has 0 saturated carbocycles. The number of fused-ring (bicyclic) bond motifs is 1. The smallest absolute Gasteiger partial charge is 0.271 e. The van der Waals surface area contributed by atoms with Crippen molar-refractivity contribution in [1.82, 2.24) is 4.57 Å². The molecule has 1 atom stereocenters. The highest BCUT2D eigenvalue weighted by Gasteiger charge is 2.33. The monoisotopic (exact) mass is 471 g/mol. The lowest BCUT2D eigenvalue weighted by Crippen LogP contribution is -2.40. The van der Waals surface area contributed by atoms with Crippen molar-refractivity contribution >= 4 is 40.3 Å². The summed E-state index contributed by atoms with van der Waals surface area (Å²) in [5.74, 6) is -0.249. The number of rotatable bonds is 4. The lowest BCUT2D eigenvalue weighted by molar-refractivity contribution is -0.113. The number of thiazole rings is 1. The van der Waals surface area contributed by atoms with E-state index in [0.717, 1.165) is 21.7 Å². The van der Waals surface area contributed by atoms with Gasteiger partial charge in [-0.1, -0.05) is 65.9 Å². The molecule has 2 aromatic carbocycles. The van der Waals surface area contributed by atoms with E-state index in [0.29, 0.717) is 20.6 Å². The average Bonchev–Trinajstić information content (AvgIpc) is 3.44. The van der Waals surface area contributed by atoms with E-state index >= 15 is 0 Å². The highest BCUT2D eigenvalue weighted by Crippen LogP contribution is 2.33. The van der Waals surface area contributed by atoms with Crippen molar-refractivity contribution in [2.45, 2.75) is 19.9 Å². The predicted molar refractivity (Wildman–Crippen MR) is 134 cm³/mol. The highest BCUT2D eigenvalue weighted by atomic mass is 32.1. The number of nitrogens with one attached hydrogen (secondary N) is 1. The average molecular weight is 472 g/mol. The molecule has 7 heteroatoms. The molecule has 1 aliphatic heterocycles. The third-order valence-corrected chi connectivity index (χ3v) is 7.48. The van der Waals surface area contributed by atoms with Gasteiger partial charge in [0.25, 0.3) is 11.5 Å². The minimum absolute atomic E-state index is 0.144. The molecule has 1 amide bonds. The maximum Gasteiger partial charge on any atom is 0.271 e. The summed E-state index contributed by atoms with van der Waals surface area (Å²) in [6.45, 7) is 3.79. The van der Waals surface area contributed by atoms with Gasteiger partial charge in [0.05, 0.1) is 15.8 Å². The first-order valence-corrected chi connectivity index (χ1v) is 12.2. The van der Waals surface area contributed by atoms with Crippen LogP contribution in [-0.4, -0.2) is 10.5 Å². The van der Waals surface area contributed by atoms with Crippen LogP contribution in [0.4, 0.5) is 5.69 Å². The number of thiophene rings is 1. The van der Waals surface area contributed by atoms with Crippen LogP contribution in [-0.2, 0) is 4.79 Å². The SMILES string of the molecule is CC1=C(C(=O)Nc2ccccc2C)C(c2cccs2)n2c(s/c(=C/c3ccccc3)c2=O)=N1. The van der Waals surface area contributed by atoms with Crippen molar-refractivity contribution in [2.24, 2.45) is 4.99 Å². The van der Waals surface area contributed by atoms with Gasteiger partial charge >= 0.3 is 0 Å². The molecule has 1 N–H and O–H groups in total. The number of anilines is 1. The van der Waals surface area contributed by atoms with Crippen LogP contribution in [0.1, 0.15) is 29.0 Å². The number of allylic oxidation sites excluding steroid dienone is 1. The van der Waals surface area contributed by atoms with E-state index < -0.39 is 6.04 Å². The molecule has 3 heterocycles. The van der Waals surface area contributed by atoms with E-state index in [9.17, 15) is 9.59 Å². The first-order chi connectivity index (χ1) is 16.0. The molecule has 0 aliphatic carbocycles. The Morgan fingerprint density at radius 3 is 2.52 bits per heavy atom. The summed E-state index contributed by atoms with van der Waals surface area (Å²) in [7, 11) is 0. The van der Waals surface area contributed by atoms with Gasteiger partial charge in [-0.2, -0.15) is 0 Å². The predicted octanol–water partition coefficient (Wildman–Crippen LogP) is 4.24. The number of hydrogen-bond acceptors (Lipinski definition) is 5. The Bertz CT molecular complexity index is 1550. The first-order valence-electron chi connectivity index (χ1n) is 10.5. The third-order valence-electron chi connectivity index (χ3n) is 5.57. The fraction of sp³-hybridized carbons (Fsp3) is 0.115. The fourth-order valence-electron chi connectivity index (χ4n) is 3.93. The zero-order chi connectivity index (χ0) is 22.9. The number of hydrogen-bond donors (Lipinski definition) is 1. The summed E-state index contributed by atoms with van der Waals surface area (Å²) in [6.07, 6.45) is 1.88. The minimum atomic E-state index is -0.525. The van der Waals surface area contributed by atoms with Crippen molar-refractivity contribution in [1.29, 1.82) is 0 Å². The number of aryl methyl sites for hydroxylation is 1. The molecule has 0 fully saturated rings. The number of nitrogens with zero attached hydrogens (tertiary/aromatic N) is 2. The number of amides is 1. The normalized spacial score (nSPS) is 15.8. The van der Waals surface area contributed by atoms with Crippen molar-refractivity contribution in [3.05, 3.63) is 119 Å². The Balaban J connectivity index is 1.66. The number of benzene rings is 2. The van der Waals surface area contributed by atoms with E-state index in [1.165, 1.54) is 22.7 Å². The molecule has 0 saturated heterocycles. The molecular weight excluding hydrogens is 450 g/mol. The number of para-hydroxylation sites is 1. The summed E-state index contributed by atoms with van der Waals surface area (Å²) in [6, 6.07) is 20.8. The van der Waals surface area contributed by atoms with Crippen LogP contribution in [0, 0.1) is 6.92 Å². The molecule has 33 heavy (non-hydrogen) atoms. The van der Waals surface area contributed by atoms with Crippen LogP contribution in [0.5, 0.6) is 0 Å². The Labute approximate surface area is 198 Å². The maximum absolute atomic E-state index is 13.5. The van der Waals surface area contributed by atoms with Crippen LogP contribution >= 0.6 is 22.7 Å². The summed E-state index contributed by atoms with van der Waals surface area (Å²) in [5.41, 5.74) is 3.62. The molecule has 2 aromatic heterocycles. The second-order valence-electron chi connectivity index (χ2n) is 7.78. The number of carbonyl (C=O) groups is 1. The van der Waals surface area contributed by atoms with Gasteiger partial charge < -0.3 is 5.32 Å². The summed E-state index contributed by atoms with van der Waals surface area (Å²) < 4.78 is 2.25. The molecule has 4 aromatic rings. The van der Waals surface area contributed by atoms with Gasteiger partial charge in [0, 0.05) is 10.6 Å². The van der Waals surface area contributed by atoms with E-state index in [-0.39, 0.29) is 11.5 Å². The third kappa shape index (κ3) is 4.01. The Kier molecular flexibility index (Phi) is 5.66. The molecule has 5 rings (SSSR count). The summed E-state index contributed by atoms with van der Waals surface area (Å²) in [4.78, 5) is 33.3. The molecule has 1 aliphatic rings. The van der Waals surface area contributed by atoms with Gasteiger partial charge in [-0.05, 0) is 48.6 Å². The van der Waals surface area contributed by atoms with E-state index in [1.54, 1.807) is 4.57 Å². The van der Waals surface area contributed by atoms with E-state index in [2.05, 4.69) is 10.3 Å². The van der Waals surface area contributed by atoms with Gasteiger partial charge in [0.15, 0.2) is 4.80 Å². The zero-order valence-electron chi connectivity index (χ0n) is 18.1. The van der Waals surface area contributed by atoms with E-state index in [4.69, 9.17) is 0 Å². The first kappa shape index (κ1) is 21.3. The standard InChI is InChI=1S/C26H21N3O2S2/c1-16-9-6-7-12-19(16)28-24(30)22-17(2)27-26-29(23(22)20-13-8-14-32-20)25(31)21(33-26)15-18-10-4-3-5-11-18/h3-15,23H,1-2H3,(H,28,30)/b21-15+. The molecule has 0 bridgehead atoms. The van der Waals surface area contributed by atoms with Crippen LogP contribution in [0.3, 0.4) is 0 Å². The van der Waals surface area contributed by atoms with Crippen molar-refractivity contribution in [3.8, 4) is 0 Å². The van der Waals surface area contributed by atoms with Gasteiger partial charge in [0.2, 0.25) is 0 Å². The second kappa shape index (κ2) is 8.77. The highest BCUT2D eigenvalue weighted by molar-refractivity contribution is 7.10. The molecule has 0 spiro atoms. The van der Waals surface area contributed by atoms with Gasteiger partial charge in [-0.3, -0.25) is 14.2 Å². The molecule has 5 nitrogen and oxygen atoms in total. The van der Waals surface area contributed by atoms with Gasteiger partial charge in [0.1, 0.15) is 6.04 Å². The van der Waals surface area contributed by atoms with Gasteiger partial charge in [-0.25, -0.2) is 4.99 Å². The van der Waals surface area contributed by atoms with Crippen LogP contribution in [0.2, 0.25) is 0 Å². The number of carbonyl (C=O) groups excluding carboxylic acids is 1. The zero-order valence-corrected chi connectivity index (χ0v) is 19.7. The maximum atomic E-state index is 13.5. The molecular formula is C26H21N3O2S2. The molecule has 164 valence electrons. The minimum Gasteiger partial charge on any atom is -0.322 e. The van der Waals surface area contributed by atoms with Crippen LogP contribution < -0.4 is 20.2 Å². The lowest BCUT2D eigenvalue weighted by atomic mass is 10.0. The number of aromatic nitrogens is 1. The van der Waals surface area contributed by atoms with E-state index in [1.807, 2.05) is 92.0 Å². The van der Waals surface area contributed by atoms with Crippen molar-refractivity contribution in [2.75, 3.05) is 5.32 Å². The summed E-state index contributed by atoms with van der Waals surface area (Å²) >= 11 is 2.88. The lowest BCUT2D eigenvalue weighted by Gasteiger charge is -2.24.